The SMILES string of the molecule is CO[C@@]1(n2cnc3c(N)ncnc32)O[C@H](CO)[C@@H](OP(=O)(O)O)[C@H]1O. The summed E-state index contributed by atoms with van der Waals surface area (Å²) >= 11 is 0. The molecular formula is C11H16N5O8P. The molecule has 3 rings (SSSR count). The number of aliphatic hydroxyl groups excluding tert-OH is 2. The first-order chi connectivity index (χ1) is 11.7. The Morgan fingerprint density at radius 1 is 1.44 bits per heavy atom. The van der Waals surface area contributed by atoms with Crippen molar-refractivity contribution < 1.29 is 38.6 Å². The van der Waals surface area contributed by atoms with Gasteiger partial charge in [0.15, 0.2) is 17.6 Å². The highest BCUT2D eigenvalue weighted by Crippen LogP contribution is 2.46. The lowest BCUT2D eigenvalue weighted by Gasteiger charge is -2.31. The highest BCUT2D eigenvalue weighted by Gasteiger charge is 2.59. The lowest BCUT2D eigenvalue weighted by atomic mass is 10.1. The van der Waals surface area contributed by atoms with Crippen LogP contribution in [-0.4, -0.2) is 71.5 Å². The number of anilines is 1. The number of methoxy groups -OCH3 is 1. The van der Waals surface area contributed by atoms with E-state index in [0.717, 1.165) is 6.33 Å². The van der Waals surface area contributed by atoms with Crippen LogP contribution in [0.3, 0.4) is 0 Å². The Morgan fingerprint density at radius 2 is 2.16 bits per heavy atom. The van der Waals surface area contributed by atoms with Crippen molar-refractivity contribution in [2.45, 2.75) is 24.2 Å². The normalized spacial score (nSPS) is 30.2. The van der Waals surface area contributed by atoms with E-state index in [-0.39, 0.29) is 17.0 Å². The summed E-state index contributed by atoms with van der Waals surface area (Å²) < 4.78 is 27.7. The predicted octanol–water partition coefficient (Wildman–Crippen LogP) is -2.10. The Labute approximate surface area is 140 Å². The molecule has 25 heavy (non-hydrogen) atoms. The van der Waals surface area contributed by atoms with Gasteiger partial charge in [-0.25, -0.2) is 19.5 Å². The van der Waals surface area contributed by atoms with Crippen LogP contribution in [0.2, 0.25) is 0 Å². The minimum absolute atomic E-state index is 0.0733. The third-order valence-corrected chi connectivity index (χ3v) is 4.32. The molecule has 1 fully saturated rings. The van der Waals surface area contributed by atoms with Crippen LogP contribution in [0.5, 0.6) is 0 Å². The Hall–Kier alpha value is -1.70. The Balaban J connectivity index is 2.11. The molecule has 0 bridgehead atoms. The summed E-state index contributed by atoms with van der Waals surface area (Å²) in [6.07, 6.45) is -2.25. The maximum absolute atomic E-state index is 11.2. The van der Waals surface area contributed by atoms with E-state index in [1.54, 1.807) is 0 Å². The van der Waals surface area contributed by atoms with E-state index in [2.05, 4.69) is 19.5 Å². The van der Waals surface area contributed by atoms with E-state index in [9.17, 15) is 14.8 Å². The average molecular weight is 377 g/mol. The molecule has 0 unspecified atom stereocenters. The Bertz CT molecular complexity index is 826. The van der Waals surface area contributed by atoms with Crippen LogP contribution in [0, 0.1) is 0 Å². The summed E-state index contributed by atoms with van der Waals surface area (Å²) in [5, 5.41) is 20.1. The number of imidazole rings is 1. The van der Waals surface area contributed by atoms with Gasteiger partial charge in [-0.3, -0.25) is 9.09 Å². The van der Waals surface area contributed by atoms with E-state index in [1.807, 2.05) is 0 Å². The first-order valence-electron chi connectivity index (χ1n) is 6.93. The predicted molar refractivity (Wildman–Crippen MR) is 79.6 cm³/mol. The number of fused-ring (bicyclic) bond motifs is 1. The van der Waals surface area contributed by atoms with Crippen molar-refractivity contribution in [3.63, 3.8) is 0 Å². The molecule has 0 spiro atoms. The zero-order valence-electron chi connectivity index (χ0n) is 12.8. The van der Waals surface area contributed by atoms with Crippen molar-refractivity contribution in [3.8, 4) is 0 Å². The molecule has 0 saturated carbocycles. The molecule has 6 N–H and O–H groups in total. The van der Waals surface area contributed by atoms with Gasteiger partial charge in [0, 0.05) is 7.11 Å². The molecule has 14 heteroatoms. The van der Waals surface area contributed by atoms with Gasteiger partial charge in [-0.1, -0.05) is 0 Å². The highest BCUT2D eigenvalue weighted by atomic mass is 31.2. The second-order valence-corrected chi connectivity index (χ2v) is 6.42. The monoisotopic (exact) mass is 377 g/mol. The average Bonchev–Trinajstić information content (AvgIpc) is 3.09. The molecule has 0 aromatic carbocycles. The second-order valence-electron chi connectivity index (χ2n) is 5.22. The minimum atomic E-state index is -4.98. The summed E-state index contributed by atoms with van der Waals surface area (Å²) in [5.41, 5.74) is 6.06. The largest absolute Gasteiger partial charge is 0.470 e. The summed E-state index contributed by atoms with van der Waals surface area (Å²) in [4.78, 5) is 29.9. The number of phosphoric ester groups is 1. The number of rotatable bonds is 5. The van der Waals surface area contributed by atoms with Gasteiger partial charge in [0.2, 0.25) is 0 Å². The number of ether oxygens (including phenoxy) is 2. The van der Waals surface area contributed by atoms with Crippen LogP contribution >= 0.6 is 7.82 Å². The molecule has 0 amide bonds. The quantitative estimate of drug-likeness (QED) is 0.356. The smallest absolute Gasteiger partial charge is 0.394 e. The molecule has 2 aromatic heterocycles. The standard InChI is InChI=1S/C11H16N5O8P/c1-22-11(16-4-15-6-9(12)13-3-14-10(6)16)8(18)7(5(2-17)23-11)24-25(19,20)21/h3-5,7-8,17-18H,2H2,1H3,(H2,12,13,14)(H2,19,20,21)/t5-,7-,8-,11-/m1/s1. The van der Waals surface area contributed by atoms with E-state index >= 15 is 0 Å². The number of nitrogens with zero attached hydrogens (tertiary/aromatic N) is 4. The minimum Gasteiger partial charge on any atom is -0.394 e. The number of aliphatic hydroxyl groups is 2. The number of hydrogen-bond acceptors (Lipinski definition) is 10. The molecule has 1 aliphatic heterocycles. The maximum Gasteiger partial charge on any atom is 0.470 e. The summed E-state index contributed by atoms with van der Waals surface area (Å²) in [6, 6.07) is 0. The first-order valence-corrected chi connectivity index (χ1v) is 8.46. The van der Waals surface area contributed by atoms with Crippen LogP contribution < -0.4 is 5.73 Å². The van der Waals surface area contributed by atoms with Crippen molar-refractivity contribution in [2.75, 3.05) is 19.5 Å². The fourth-order valence-corrected chi connectivity index (χ4v) is 3.31. The van der Waals surface area contributed by atoms with Gasteiger partial charge >= 0.3 is 7.82 Å². The molecule has 4 atom stereocenters. The molecule has 0 aliphatic carbocycles. The number of hydrogen-bond donors (Lipinski definition) is 5. The van der Waals surface area contributed by atoms with E-state index in [4.69, 9.17) is 25.0 Å². The fraction of sp³-hybridized carbons (Fsp3) is 0.545. The zero-order chi connectivity index (χ0) is 18.4. The molecule has 2 aromatic rings. The van der Waals surface area contributed by atoms with Gasteiger partial charge in [0.1, 0.15) is 30.4 Å². The maximum atomic E-state index is 11.2. The molecule has 3 heterocycles. The van der Waals surface area contributed by atoms with Crippen LogP contribution in [-0.2, 0) is 24.5 Å². The number of aromatic nitrogens is 4. The summed E-state index contributed by atoms with van der Waals surface area (Å²) in [7, 11) is -3.79. The van der Waals surface area contributed by atoms with E-state index < -0.39 is 38.7 Å². The van der Waals surface area contributed by atoms with Crippen LogP contribution in [0.15, 0.2) is 12.7 Å². The van der Waals surface area contributed by atoms with Gasteiger partial charge in [-0.2, -0.15) is 0 Å². The summed E-state index contributed by atoms with van der Waals surface area (Å²) in [6.45, 7) is -0.698. The van der Waals surface area contributed by atoms with Crippen molar-refractivity contribution >= 4 is 24.8 Å². The second kappa shape index (κ2) is 6.23. The van der Waals surface area contributed by atoms with Crippen LogP contribution in [0.1, 0.15) is 0 Å². The van der Waals surface area contributed by atoms with Crippen molar-refractivity contribution in [1.29, 1.82) is 0 Å². The van der Waals surface area contributed by atoms with Crippen LogP contribution in [0.25, 0.3) is 11.2 Å². The molecule has 1 saturated heterocycles. The van der Waals surface area contributed by atoms with Crippen LogP contribution in [0.4, 0.5) is 5.82 Å². The molecule has 138 valence electrons. The highest BCUT2D eigenvalue weighted by molar-refractivity contribution is 7.46. The number of phosphoric acid groups is 1. The molecule has 0 radical (unpaired) electrons. The lowest BCUT2D eigenvalue weighted by molar-refractivity contribution is -0.302. The van der Waals surface area contributed by atoms with Gasteiger partial charge < -0.3 is 35.2 Å². The number of nitrogens with two attached hydrogens (primary N) is 1. The van der Waals surface area contributed by atoms with Gasteiger partial charge in [0.05, 0.1) is 6.61 Å². The third-order valence-electron chi connectivity index (χ3n) is 3.80. The van der Waals surface area contributed by atoms with Crippen molar-refractivity contribution in [2.24, 2.45) is 0 Å². The van der Waals surface area contributed by atoms with Crippen molar-refractivity contribution in [3.05, 3.63) is 12.7 Å². The molecule has 13 nitrogen and oxygen atoms in total. The van der Waals surface area contributed by atoms with E-state index in [0.29, 0.717) is 0 Å². The van der Waals surface area contributed by atoms with E-state index in [1.165, 1.54) is 18.0 Å². The van der Waals surface area contributed by atoms with Gasteiger partial charge in [-0.05, 0) is 0 Å². The molecular weight excluding hydrogens is 361 g/mol. The molecule has 1 aliphatic rings. The fourth-order valence-electron chi connectivity index (χ4n) is 2.74. The van der Waals surface area contributed by atoms with Crippen molar-refractivity contribution in [1.82, 2.24) is 19.5 Å². The summed E-state index contributed by atoms with van der Waals surface area (Å²) in [5.74, 6) is -1.94. The number of nitrogen functional groups attached to an aromatic ring is 1. The van der Waals surface area contributed by atoms with Gasteiger partial charge in [0.25, 0.3) is 5.91 Å². The lowest BCUT2D eigenvalue weighted by Crippen LogP contribution is -2.47. The topological polar surface area (TPSA) is 195 Å². The van der Waals surface area contributed by atoms with Gasteiger partial charge in [-0.15, -0.1) is 0 Å². The first kappa shape index (κ1) is 18.1. The Morgan fingerprint density at radius 3 is 2.76 bits per heavy atom. The Kier molecular flexibility index (Phi) is 4.51. The third kappa shape index (κ3) is 2.90. The zero-order valence-corrected chi connectivity index (χ0v) is 13.7.